The molecule has 0 bridgehead atoms. The predicted octanol–water partition coefficient (Wildman–Crippen LogP) is 1.17. The zero-order chi connectivity index (χ0) is 13.8. The van der Waals surface area contributed by atoms with Gasteiger partial charge in [-0.2, -0.15) is 0 Å². The van der Waals surface area contributed by atoms with Crippen molar-refractivity contribution in [3.05, 3.63) is 35.9 Å². The SMILES string of the molecule is Cc1nnc(SCC(=O)Nc2ccccc2F)n1N. The summed E-state index contributed by atoms with van der Waals surface area (Å²) in [6.07, 6.45) is 0. The Labute approximate surface area is 113 Å². The van der Waals surface area contributed by atoms with Crippen LogP contribution in [0.1, 0.15) is 5.82 Å². The predicted molar refractivity (Wildman–Crippen MR) is 70.7 cm³/mol. The standard InChI is InChI=1S/C11H12FN5OS/c1-7-15-16-11(17(7)13)19-6-10(18)14-9-5-3-2-4-8(9)12/h2-5H,6,13H2,1H3,(H,14,18). The van der Waals surface area contributed by atoms with Crippen LogP contribution in [0.15, 0.2) is 29.4 Å². The van der Waals surface area contributed by atoms with Crippen molar-refractivity contribution in [2.45, 2.75) is 12.1 Å². The van der Waals surface area contributed by atoms with E-state index in [1.807, 2.05) is 0 Å². The number of aromatic nitrogens is 3. The fraction of sp³-hybridized carbons (Fsp3) is 0.182. The Morgan fingerprint density at radius 3 is 2.84 bits per heavy atom. The van der Waals surface area contributed by atoms with Crippen molar-refractivity contribution in [1.29, 1.82) is 0 Å². The number of amides is 1. The van der Waals surface area contributed by atoms with Crippen LogP contribution < -0.4 is 11.2 Å². The number of para-hydroxylation sites is 1. The maximum absolute atomic E-state index is 13.3. The molecule has 0 saturated carbocycles. The van der Waals surface area contributed by atoms with Gasteiger partial charge in [0, 0.05) is 0 Å². The minimum atomic E-state index is -0.473. The molecule has 0 aliphatic heterocycles. The number of nitrogens with two attached hydrogens (primary N) is 1. The van der Waals surface area contributed by atoms with Crippen LogP contribution in [0.2, 0.25) is 0 Å². The summed E-state index contributed by atoms with van der Waals surface area (Å²) in [7, 11) is 0. The molecule has 1 amide bonds. The van der Waals surface area contributed by atoms with E-state index in [2.05, 4.69) is 15.5 Å². The Morgan fingerprint density at radius 1 is 1.47 bits per heavy atom. The van der Waals surface area contributed by atoms with E-state index in [1.54, 1.807) is 19.1 Å². The normalized spacial score (nSPS) is 10.4. The number of hydrogen-bond acceptors (Lipinski definition) is 5. The van der Waals surface area contributed by atoms with Gasteiger partial charge in [0.15, 0.2) is 0 Å². The van der Waals surface area contributed by atoms with Crippen molar-refractivity contribution in [3.63, 3.8) is 0 Å². The van der Waals surface area contributed by atoms with Crippen LogP contribution in [-0.2, 0) is 4.79 Å². The van der Waals surface area contributed by atoms with E-state index < -0.39 is 5.82 Å². The summed E-state index contributed by atoms with van der Waals surface area (Å²) in [5.74, 6) is 5.46. The van der Waals surface area contributed by atoms with Gasteiger partial charge >= 0.3 is 0 Å². The van der Waals surface area contributed by atoms with Crippen LogP contribution in [0.25, 0.3) is 0 Å². The summed E-state index contributed by atoms with van der Waals surface area (Å²) in [5, 5.41) is 10.5. The number of hydrogen-bond donors (Lipinski definition) is 2. The lowest BCUT2D eigenvalue weighted by molar-refractivity contribution is -0.113. The van der Waals surface area contributed by atoms with E-state index in [4.69, 9.17) is 5.84 Å². The van der Waals surface area contributed by atoms with E-state index in [0.717, 1.165) is 11.8 Å². The highest BCUT2D eigenvalue weighted by Gasteiger charge is 2.11. The molecular formula is C11H12FN5OS. The van der Waals surface area contributed by atoms with Crippen LogP contribution in [0.4, 0.5) is 10.1 Å². The molecule has 1 aromatic carbocycles. The van der Waals surface area contributed by atoms with Crippen molar-refractivity contribution in [2.75, 3.05) is 16.9 Å². The van der Waals surface area contributed by atoms with Crippen LogP contribution >= 0.6 is 11.8 Å². The molecule has 0 unspecified atom stereocenters. The average molecular weight is 281 g/mol. The maximum Gasteiger partial charge on any atom is 0.234 e. The largest absolute Gasteiger partial charge is 0.336 e. The number of halogens is 1. The van der Waals surface area contributed by atoms with Gasteiger partial charge in [0.05, 0.1) is 11.4 Å². The molecule has 3 N–H and O–H groups in total. The van der Waals surface area contributed by atoms with Crippen LogP contribution in [0, 0.1) is 12.7 Å². The quantitative estimate of drug-likeness (QED) is 0.649. The monoisotopic (exact) mass is 281 g/mol. The molecule has 0 saturated heterocycles. The van der Waals surface area contributed by atoms with Gasteiger partial charge in [-0.1, -0.05) is 23.9 Å². The third kappa shape index (κ3) is 3.22. The summed E-state index contributed by atoms with van der Waals surface area (Å²) in [4.78, 5) is 11.7. The Bertz CT molecular complexity index is 601. The first kappa shape index (κ1) is 13.3. The topological polar surface area (TPSA) is 85.8 Å². The van der Waals surface area contributed by atoms with Crippen LogP contribution in [-0.4, -0.2) is 26.5 Å². The molecule has 8 heteroatoms. The number of carbonyl (C=O) groups is 1. The second-order valence-corrected chi connectivity index (χ2v) is 4.66. The molecule has 0 radical (unpaired) electrons. The van der Waals surface area contributed by atoms with Crippen molar-refractivity contribution in [1.82, 2.24) is 14.9 Å². The first-order valence-corrected chi connectivity index (χ1v) is 6.41. The maximum atomic E-state index is 13.3. The van der Waals surface area contributed by atoms with Crippen molar-refractivity contribution < 1.29 is 9.18 Å². The summed E-state index contributed by atoms with van der Waals surface area (Å²) in [6, 6.07) is 5.97. The second-order valence-electron chi connectivity index (χ2n) is 3.72. The zero-order valence-electron chi connectivity index (χ0n) is 10.1. The van der Waals surface area contributed by atoms with Gasteiger partial charge < -0.3 is 11.2 Å². The van der Waals surface area contributed by atoms with E-state index >= 15 is 0 Å². The van der Waals surface area contributed by atoms with Gasteiger partial charge in [-0.3, -0.25) is 4.79 Å². The minimum Gasteiger partial charge on any atom is -0.336 e. The molecule has 0 aliphatic rings. The number of anilines is 1. The molecule has 1 aromatic heterocycles. The first-order valence-electron chi connectivity index (χ1n) is 5.42. The first-order chi connectivity index (χ1) is 9.08. The van der Waals surface area contributed by atoms with Gasteiger partial charge in [0.1, 0.15) is 11.6 Å². The molecule has 0 atom stereocenters. The molecule has 6 nitrogen and oxygen atoms in total. The fourth-order valence-electron chi connectivity index (χ4n) is 1.33. The zero-order valence-corrected chi connectivity index (χ0v) is 10.9. The van der Waals surface area contributed by atoms with Gasteiger partial charge in [0.2, 0.25) is 11.1 Å². The number of carbonyl (C=O) groups excluding carboxylic acids is 1. The smallest absolute Gasteiger partial charge is 0.234 e. The molecule has 0 spiro atoms. The Kier molecular flexibility index (Phi) is 4.00. The number of thioether (sulfide) groups is 1. The van der Waals surface area contributed by atoms with E-state index in [-0.39, 0.29) is 17.3 Å². The molecule has 2 rings (SSSR count). The van der Waals surface area contributed by atoms with E-state index in [9.17, 15) is 9.18 Å². The Hall–Kier alpha value is -2.09. The molecule has 0 aliphatic carbocycles. The number of rotatable bonds is 4. The second kappa shape index (κ2) is 5.70. The number of aryl methyl sites for hydroxylation is 1. The molecular weight excluding hydrogens is 269 g/mol. The fourth-order valence-corrected chi connectivity index (χ4v) is 2.03. The van der Waals surface area contributed by atoms with Crippen molar-refractivity contribution in [2.24, 2.45) is 0 Å². The molecule has 19 heavy (non-hydrogen) atoms. The van der Waals surface area contributed by atoms with Gasteiger partial charge in [-0.15, -0.1) is 10.2 Å². The summed E-state index contributed by atoms with van der Waals surface area (Å²) < 4.78 is 14.6. The third-order valence-corrected chi connectivity index (χ3v) is 3.26. The summed E-state index contributed by atoms with van der Waals surface area (Å²) >= 11 is 1.13. The number of nitrogens with one attached hydrogen (secondary N) is 1. The molecule has 100 valence electrons. The number of nitrogen functional groups attached to an aromatic ring is 1. The highest BCUT2D eigenvalue weighted by Crippen LogP contribution is 2.16. The highest BCUT2D eigenvalue weighted by molar-refractivity contribution is 7.99. The summed E-state index contributed by atoms with van der Waals surface area (Å²) in [5.41, 5.74) is 0.151. The van der Waals surface area contributed by atoms with Gasteiger partial charge in [-0.25, -0.2) is 9.07 Å². The van der Waals surface area contributed by atoms with Gasteiger partial charge in [-0.05, 0) is 19.1 Å². The third-order valence-electron chi connectivity index (χ3n) is 2.32. The Morgan fingerprint density at radius 2 is 2.21 bits per heavy atom. The average Bonchev–Trinajstić information content (AvgIpc) is 2.70. The molecule has 0 fully saturated rings. The van der Waals surface area contributed by atoms with Crippen molar-refractivity contribution in [3.8, 4) is 0 Å². The van der Waals surface area contributed by atoms with Crippen LogP contribution in [0.3, 0.4) is 0 Å². The van der Waals surface area contributed by atoms with Crippen molar-refractivity contribution >= 4 is 23.4 Å². The number of nitrogens with zero attached hydrogens (tertiary/aromatic N) is 3. The highest BCUT2D eigenvalue weighted by atomic mass is 32.2. The lowest BCUT2D eigenvalue weighted by Gasteiger charge is -2.05. The van der Waals surface area contributed by atoms with E-state index in [0.29, 0.717) is 11.0 Å². The van der Waals surface area contributed by atoms with Gasteiger partial charge in [0.25, 0.3) is 0 Å². The lowest BCUT2D eigenvalue weighted by Crippen LogP contribution is -2.17. The van der Waals surface area contributed by atoms with E-state index in [1.165, 1.54) is 16.8 Å². The number of benzene rings is 1. The molecule has 2 aromatic rings. The minimum absolute atomic E-state index is 0.0731. The Balaban J connectivity index is 1.92. The molecule has 1 heterocycles. The summed E-state index contributed by atoms with van der Waals surface area (Å²) in [6.45, 7) is 1.70. The van der Waals surface area contributed by atoms with Crippen LogP contribution in [0.5, 0.6) is 0 Å². The lowest BCUT2D eigenvalue weighted by atomic mass is 10.3.